The summed E-state index contributed by atoms with van der Waals surface area (Å²) >= 11 is 0. The van der Waals surface area contributed by atoms with E-state index in [1.165, 1.54) is 6.04 Å². The van der Waals surface area contributed by atoms with Crippen LogP contribution in [0, 0.1) is 6.04 Å². The molecule has 1 atom stereocenters. The van der Waals surface area contributed by atoms with Crippen molar-refractivity contribution < 1.29 is 9.53 Å². The van der Waals surface area contributed by atoms with Gasteiger partial charge in [-0.05, 0) is 27.2 Å². The van der Waals surface area contributed by atoms with Crippen molar-refractivity contribution in [3.63, 3.8) is 0 Å². The fraction of sp³-hybridized carbons (Fsp3) is 0.800. The smallest absolute Gasteiger partial charge is 0.410 e. The number of rotatable bonds is 0. The van der Waals surface area contributed by atoms with Crippen molar-refractivity contribution in [2.75, 3.05) is 13.1 Å². The van der Waals surface area contributed by atoms with Gasteiger partial charge in [0.05, 0.1) is 6.04 Å². The number of amides is 1. The highest BCUT2D eigenvalue weighted by molar-refractivity contribution is 5.70. The maximum absolute atomic E-state index is 11.7. The first-order chi connectivity index (χ1) is 6.46. The van der Waals surface area contributed by atoms with Gasteiger partial charge in [0.15, 0.2) is 0 Å². The zero-order valence-corrected chi connectivity index (χ0v) is 8.96. The molecule has 1 radical (unpaired) electrons. The van der Waals surface area contributed by atoms with E-state index in [9.17, 15) is 4.79 Å². The summed E-state index contributed by atoms with van der Waals surface area (Å²) < 4.78 is 5.32. The maximum atomic E-state index is 11.7. The van der Waals surface area contributed by atoms with Gasteiger partial charge < -0.3 is 15.0 Å². The van der Waals surface area contributed by atoms with E-state index in [2.05, 4.69) is 5.32 Å². The number of fused-ring (bicyclic) bond motifs is 2. The van der Waals surface area contributed by atoms with E-state index in [1.807, 2.05) is 25.7 Å². The Morgan fingerprint density at radius 3 is 2.71 bits per heavy atom. The fourth-order valence-electron chi connectivity index (χ4n) is 1.90. The van der Waals surface area contributed by atoms with Crippen LogP contribution in [-0.4, -0.2) is 35.7 Å². The number of carbonyl (C=O) groups excluding carboxylic acids is 1. The van der Waals surface area contributed by atoms with Gasteiger partial charge in [-0.25, -0.2) is 4.79 Å². The maximum Gasteiger partial charge on any atom is 0.410 e. The Balaban J connectivity index is 1.93. The molecule has 2 aliphatic heterocycles. The Morgan fingerprint density at radius 1 is 1.57 bits per heavy atom. The van der Waals surface area contributed by atoms with Crippen LogP contribution in [0.25, 0.3) is 0 Å². The third kappa shape index (κ3) is 1.85. The van der Waals surface area contributed by atoms with Crippen LogP contribution in [-0.2, 0) is 4.74 Å². The summed E-state index contributed by atoms with van der Waals surface area (Å²) in [6.45, 7) is 7.29. The molecule has 0 saturated carbocycles. The Hall–Kier alpha value is -0.770. The van der Waals surface area contributed by atoms with Gasteiger partial charge in [-0.1, -0.05) is 0 Å². The van der Waals surface area contributed by atoms with Crippen LogP contribution >= 0.6 is 0 Å². The summed E-state index contributed by atoms with van der Waals surface area (Å²) in [6, 6.07) is 1.58. The van der Waals surface area contributed by atoms with Gasteiger partial charge in [0.2, 0.25) is 0 Å². The number of hydrogen-bond acceptors (Lipinski definition) is 3. The van der Waals surface area contributed by atoms with Crippen LogP contribution < -0.4 is 5.32 Å². The number of carbonyl (C=O) groups is 1. The van der Waals surface area contributed by atoms with Gasteiger partial charge in [0, 0.05) is 19.1 Å². The summed E-state index contributed by atoms with van der Waals surface area (Å²) in [5, 5.41) is 3.27. The molecule has 2 rings (SSSR count). The Morgan fingerprint density at radius 2 is 2.29 bits per heavy atom. The molecule has 1 N–H and O–H groups in total. The first-order valence-electron chi connectivity index (χ1n) is 5.04. The van der Waals surface area contributed by atoms with E-state index >= 15 is 0 Å². The molecule has 0 aromatic rings. The van der Waals surface area contributed by atoms with Crippen LogP contribution in [0.1, 0.15) is 27.2 Å². The lowest BCUT2D eigenvalue weighted by Crippen LogP contribution is -2.46. The number of likely N-dealkylation sites (tertiary alicyclic amines) is 1. The van der Waals surface area contributed by atoms with Crippen molar-refractivity contribution in [1.82, 2.24) is 10.2 Å². The predicted octanol–water partition coefficient (Wildman–Crippen LogP) is 1.13. The first kappa shape index (κ1) is 9.77. The largest absolute Gasteiger partial charge is 0.444 e. The number of piperazine rings is 1. The van der Waals surface area contributed by atoms with Crippen molar-refractivity contribution in [2.45, 2.75) is 38.8 Å². The van der Waals surface area contributed by atoms with Crippen LogP contribution in [0.4, 0.5) is 4.79 Å². The van der Waals surface area contributed by atoms with E-state index in [4.69, 9.17) is 4.74 Å². The normalized spacial score (nSPS) is 27.1. The van der Waals surface area contributed by atoms with Crippen LogP contribution in [0.15, 0.2) is 0 Å². The Labute approximate surface area is 84.6 Å². The summed E-state index contributed by atoms with van der Waals surface area (Å²) in [4.78, 5) is 13.5. The number of nitrogens with zero attached hydrogens (tertiary/aromatic N) is 1. The number of hydrogen-bond donors (Lipinski definition) is 1. The minimum atomic E-state index is -0.392. The second kappa shape index (κ2) is 3.12. The summed E-state index contributed by atoms with van der Waals surface area (Å²) in [6.07, 6.45) is 0.818. The summed E-state index contributed by atoms with van der Waals surface area (Å²) in [5.41, 5.74) is -0.392. The molecule has 79 valence electrons. The molecule has 0 aliphatic carbocycles. The van der Waals surface area contributed by atoms with Crippen molar-refractivity contribution in [3.05, 3.63) is 6.04 Å². The Bertz CT molecular complexity index is 247. The second-order valence-corrected chi connectivity index (χ2v) is 4.95. The molecule has 0 unspecified atom stereocenters. The number of ether oxygens (including phenoxy) is 1. The topological polar surface area (TPSA) is 41.6 Å². The highest BCUT2D eigenvalue weighted by Crippen LogP contribution is 2.29. The van der Waals surface area contributed by atoms with Crippen molar-refractivity contribution >= 4 is 6.09 Å². The monoisotopic (exact) mass is 197 g/mol. The van der Waals surface area contributed by atoms with Crippen molar-refractivity contribution in [2.24, 2.45) is 0 Å². The lowest BCUT2D eigenvalue weighted by molar-refractivity contribution is 0.0215. The van der Waals surface area contributed by atoms with Crippen molar-refractivity contribution in [1.29, 1.82) is 0 Å². The average molecular weight is 197 g/mol. The van der Waals surface area contributed by atoms with Gasteiger partial charge in [-0.3, -0.25) is 0 Å². The zero-order valence-electron chi connectivity index (χ0n) is 8.96. The molecule has 0 spiro atoms. The Kier molecular flexibility index (Phi) is 2.18. The van der Waals surface area contributed by atoms with Gasteiger partial charge in [-0.2, -0.15) is 0 Å². The van der Waals surface area contributed by atoms with E-state index in [-0.39, 0.29) is 6.09 Å². The predicted molar refractivity (Wildman–Crippen MR) is 52.6 cm³/mol. The minimum Gasteiger partial charge on any atom is -0.444 e. The van der Waals surface area contributed by atoms with Gasteiger partial charge in [0.1, 0.15) is 5.60 Å². The van der Waals surface area contributed by atoms with E-state index in [0.29, 0.717) is 6.04 Å². The van der Waals surface area contributed by atoms with Gasteiger partial charge >= 0.3 is 6.09 Å². The molecule has 4 heteroatoms. The first-order valence-corrected chi connectivity index (χ1v) is 5.04. The molecule has 0 aromatic carbocycles. The lowest BCUT2D eigenvalue weighted by Gasteiger charge is -2.30. The molecule has 4 nitrogen and oxygen atoms in total. The lowest BCUT2D eigenvalue weighted by atomic mass is 10.2. The van der Waals surface area contributed by atoms with E-state index in [1.54, 1.807) is 0 Å². The van der Waals surface area contributed by atoms with Gasteiger partial charge in [-0.15, -0.1) is 0 Å². The van der Waals surface area contributed by atoms with Crippen LogP contribution in [0.5, 0.6) is 0 Å². The summed E-state index contributed by atoms with van der Waals surface area (Å²) in [5.74, 6) is 0. The molecule has 2 aliphatic rings. The molecule has 0 aromatic heterocycles. The minimum absolute atomic E-state index is 0.181. The quantitative estimate of drug-likeness (QED) is 0.633. The highest BCUT2D eigenvalue weighted by Gasteiger charge is 2.42. The molecular weight excluding hydrogens is 180 g/mol. The average Bonchev–Trinajstić information content (AvgIpc) is 2.59. The van der Waals surface area contributed by atoms with Crippen molar-refractivity contribution in [3.8, 4) is 0 Å². The standard InChI is InChI=1S/C10H17N2O2/c1-10(2,3)14-9(13)12-6-7-4-8(12)5-11-7/h8,11H,4-6H2,1-3H3/t8-/m0/s1. The third-order valence-corrected chi connectivity index (χ3v) is 2.50. The van der Waals surface area contributed by atoms with E-state index < -0.39 is 5.60 Å². The SMILES string of the molecule is CC(C)(C)OC(=O)N1C[C]2C[C@H]1CN2. The second-order valence-electron chi connectivity index (χ2n) is 4.95. The molecule has 2 saturated heterocycles. The molecule has 1 amide bonds. The molecule has 2 fully saturated rings. The van der Waals surface area contributed by atoms with Crippen LogP contribution in [0.2, 0.25) is 0 Å². The molecule has 2 bridgehead atoms. The molecule has 14 heavy (non-hydrogen) atoms. The van der Waals surface area contributed by atoms with Gasteiger partial charge in [0.25, 0.3) is 0 Å². The van der Waals surface area contributed by atoms with Crippen LogP contribution in [0.3, 0.4) is 0 Å². The molecule has 2 heterocycles. The van der Waals surface area contributed by atoms with E-state index in [0.717, 1.165) is 19.5 Å². The fourth-order valence-corrected chi connectivity index (χ4v) is 1.90. The third-order valence-electron chi connectivity index (χ3n) is 2.50. The highest BCUT2D eigenvalue weighted by atomic mass is 16.6. The summed E-state index contributed by atoms with van der Waals surface area (Å²) in [7, 11) is 0. The molecular formula is C10H17N2O2. The number of nitrogens with one attached hydrogen (secondary N) is 1. The zero-order chi connectivity index (χ0) is 10.3.